The van der Waals surface area contributed by atoms with Crippen LogP contribution >= 0.6 is 0 Å². The number of nitrogens with one attached hydrogen (secondary N) is 1. The fraction of sp³-hybridized carbons (Fsp3) is 0.188. The molecule has 0 aliphatic carbocycles. The van der Waals surface area contributed by atoms with Crippen molar-refractivity contribution in [3.63, 3.8) is 0 Å². The molecule has 2 amide bonds. The number of carbonyl (C=O) groups is 2. The van der Waals surface area contributed by atoms with Gasteiger partial charge in [-0.05, 0) is 17.7 Å². The summed E-state index contributed by atoms with van der Waals surface area (Å²) in [7, 11) is 0. The Morgan fingerprint density at radius 2 is 1.96 bits per heavy atom. The molecule has 0 aliphatic rings. The summed E-state index contributed by atoms with van der Waals surface area (Å²) in [6.45, 7) is 1.22. The molecule has 6 nitrogen and oxygen atoms in total. The number of hydrogen-bond acceptors (Lipinski definition) is 4. The van der Waals surface area contributed by atoms with E-state index in [1.54, 1.807) is 12.1 Å². The Bertz CT molecular complexity index is 835. The summed E-state index contributed by atoms with van der Waals surface area (Å²) < 4.78 is 39.2. The van der Waals surface area contributed by atoms with E-state index in [2.05, 4.69) is 10.3 Å². The lowest BCUT2D eigenvalue weighted by Crippen LogP contribution is -2.18. The number of hydrogen-bond donors (Lipinski definition) is 3. The monoisotopic (exact) mass is 352 g/mol. The molecule has 0 spiro atoms. The molecule has 0 bridgehead atoms. The first-order valence-corrected chi connectivity index (χ1v) is 7.12. The Morgan fingerprint density at radius 3 is 2.48 bits per heavy atom. The third-order valence-electron chi connectivity index (χ3n) is 3.40. The van der Waals surface area contributed by atoms with E-state index >= 15 is 0 Å². The number of amides is 2. The molecule has 0 unspecified atom stereocenters. The molecule has 1 heterocycles. The molecule has 0 aliphatic heterocycles. The standard InChI is InChI=1S/C16H15F3N4O2/c1-8(24)23-12-4-2-3-9(6-20)13(12)11-5-10(16(17,18)19)7-22-14(11)15(21)25/h2-5,7H,6,20H2,1H3,(H2,21,25)(H,23,24). The molecule has 2 rings (SSSR count). The second kappa shape index (κ2) is 6.89. The summed E-state index contributed by atoms with van der Waals surface area (Å²) in [5, 5.41) is 2.52. The van der Waals surface area contributed by atoms with E-state index in [-0.39, 0.29) is 29.1 Å². The highest BCUT2D eigenvalue weighted by Gasteiger charge is 2.33. The zero-order chi connectivity index (χ0) is 18.8. The van der Waals surface area contributed by atoms with Crippen LogP contribution in [0.25, 0.3) is 11.1 Å². The van der Waals surface area contributed by atoms with Crippen LogP contribution in [0.1, 0.15) is 28.5 Å². The van der Waals surface area contributed by atoms with E-state index < -0.39 is 23.6 Å². The predicted molar refractivity (Wildman–Crippen MR) is 85.4 cm³/mol. The summed E-state index contributed by atoms with van der Waals surface area (Å²) in [4.78, 5) is 26.6. The van der Waals surface area contributed by atoms with Crippen molar-refractivity contribution in [2.45, 2.75) is 19.6 Å². The molecule has 25 heavy (non-hydrogen) atoms. The van der Waals surface area contributed by atoms with E-state index in [9.17, 15) is 22.8 Å². The topological polar surface area (TPSA) is 111 Å². The molecule has 0 radical (unpaired) electrons. The maximum Gasteiger partial charge on any atom is 0.417 e. The Morgan fingerprint density at radius 1 is 1.28 bits per heavy atom. The Labute approximate surface area is 141 Å². The number of aromatic nitrogens is 1. The van der Waals surface area contributed by atoms with Crippen molar-refractivity contribution >= 4 is 17.5 Å². The molecule has 9 heteroatoms. The van der Waals surface area contributed by atoms with Crippen LogP contribution < -0.4 is 16.8 Å². The Balaban J connectivity index is 2.83. The van der Waals surface area contributed by atoms with Gasteiger partial charge in [-0.25, -0.2) is 4.98 Å². The van der Waals surface area contributed by atoms with Crippen LogP contribution in [-0.2, 0) is 17.5 Å². The average Bonchev–Trinajstić information content (AvgIpc) is 2.52. The van der Waals surface area contributed by atoms with Crippen LogP contribution in [-0.4, -0.2) is 16.8 Å². The van der Waals surface area contributed by atoms with Gasteiger partial charge in [-0.2, -0.15) is 13.2 Å². The van der Waals surface area contributed by atoms with Crippen LogP contribution in [0.15, 0.2) is 30.5 Å². The number of halogens is 3. The largest absolute Gasteiger partial charge is 0.417 e. The number of nitrogens with two attached hydrogens (primary N) is 2. The average molecular weight is 352 g/mol. The number of primary amides is 1. The molecule has 5 N–H and O–H groups in total. The zero-order valence-electron chi connectivity index (χ0n) is 13.1. The first kappa shape index (κ1) is 18.4. The summed E-state index contributed by atoms with van der Waals surface area (Å²) in [5.74, 6) is -1.43. The van der Waals surface area contributed by atoms with Crippen molar-refractivity contribution in [1.29, 1.82) is 0 Å². The van der Waals surface area contributed by atoms with E-state index in [0.29, 0.717) is 11.8 Å². The summed E-state index contributed by atoms with van der Waals surface area (Å²) >= 11 is 0. The minimum Gasteiger partial charge on any atom is -0.364 e. The van der Waals surface area contributed by atoms with Crippen LogP contribution in [0, 0.1) is 0 Å². The van der Waals surface area contributed by atoms with E-state index in [0.717, 1.165) is 6.07 Å². The fourth-order valence-corrected chi connectivity index (χ4v) is 2.39. The zero-order valence-corrected chi connectivity index (χ0v) is 13.1. The smallest absolute Gasteiger partial charge is 0.364 e. The van der Waals surface area contributed by atoms with E-state index in [1.165, 1.54) is 13.0 Å². The Kier molecular flexibility index (Phi) is 5.07. The minimum absolute atomic E-state index is 0.0306. The van der Waals surface area contributed by atoms with Gasteiger partial charge in [-0.1, -0.05) is 12.1 Å². The molecule has 2 aromatic rings. The molecule has 1 aromatic heterocycles. The number of pyridine rings is 1. The minimum atomic E-state index is -4.66. The van der Waals surface area contributed by atoms with E-state index in [4.69, 9.17) is 11.5 Å². The van der Waals surface area contributed by atoms with Crippen LogP contribution in [0.5, 0.6) is 0 Å². The first-order chi connectivity index (χ1) is 11.6. The second-order valence-corrected chi connectivity index (χ2v) is 5.21. The van der Waals surface area contributed by atoms with Crippen molar-refractivity contribution < 1.29 is 22.8 Å². The lowest BCUT2D eigenvalue weighted by molar-refractivity contribution is -0.137. The van der Waals surface area contributed by atoms with Crippen LogP contribution in [0.4, 0.5) is 18.9 Å². The summed E-state index contributed by atoms with van der Waals surface area (Å²) in [6.07, 6.45) is -4.13. The van der Waals surface area contributed by atoms with Gasteiger partial charge in [0.2, 0.25) is 5.91 Å². The van der Waals surface area contributed by atoms with Gasteiger partial charge in [-0.3, -0.25) is 9.59 Å². The molecule has 0 atom stereocenters. The molecule has 1 aromatic carbocycles. The van der Waals surface area contributed by atoms with Crippen molar-refractivity contribution in [3.05, 3.63) is 47.3 Å². The number of nitrogens with zero attached hydrogens (tertiary/aromatic N) is 1. The van der Waals surface area contributed by atoms with Crippen LogP contribution in [0.2, 0.25) is 0 Å². The molecule has 0 saturated heterocycles. The number of anilines is 1. The highest BCUT2D eigenvalue weighted by atomic mass is 19.4. The second-order valence-electron chi connectivity index (χ2n) is 5.21. The van der Waals surface area contributed by atoms with Gasteiger partial charge in [0.1, 0.15) is 5.69 Å². The van der Waals surface area contributed by atoms with Gasteiger partial charge in [0.15, 0.2) is 0 Å². The predicted octanol–water partition coefficient (Wildman–Crippen LogP) is 2.28. The molecule has 0 fully saturated rings. The summed E-state index contributed by atoms with van der Waals surface area (Å²) in [5.41, 5.74) is 10.2. The van der Waals surface area contributed by atoms with Gasteiger partial charge in [0, 0.05) is 36.5 Å². The number of benzene rings is 1. The van der Waals surface area contributed by atoms with E-state index in [1.807, 2.05) is 0 Å². The molecular formula is C16H15F3N4O2. The van der Waals surface area contributed by atoms with Gasteiger partial charge in [-0.15, -0.1) is 0 Å². The van der Waals surface area contributed by atoms with Gasteiger partial charge in [0.25, 0.3) is 5.91 Å². The first-order valence-electron chi connectivity index (χ1n) is 7.12. The molecule has 0 saturated carbocycles. The third kappa shape index (κ3) is 3.94. The molecular weight excluding hydrogens is 337 g/mol. The normalized spacial score (nSPS) is 11.2. The SMILES string of the molecule is CC(=O)Nc1cccc(CN)c1-c1cc(C(F)(F)F)cnc1C(N)=O. The van der Waals surface area contributed by atoms with Crippen LogP contribution in [0.3, 0.4) is 0 Å². The third-order valence-corrected chi connectivity index (χ3v) is 3.40. The highest BCUT2D eigenvalue weighted by Crippen LogP contribution is 2.37. The highest BCUT2D eigenvalue weighted by molar-refractivity contribution is 6.02. The van der Waals surface area contributed by atoms with Crippen molar-refractivity contribution in [2.24, 2.45) is 11.5 Å². The van der Waals surface area contributed by atoms with Crippen molar-refractivity contribution in [3.8, 4) is 11.1 Å². The van der Waals surface area contributed by atoms with Crippen molar-refractivity contribution in [1.82, 2.24) is 4.98 Å². The number of carbonyl (C=O) groups excluding carboxylic acids is 2. The quantitative estimate of drug-likeness (QED) is 0.784. The number of alkyl halides is 3. The number of rotatable bonds is 4. The van der Waals surface area contributed by atoms with Gasteiger partial charge >= 0.3 is 6.18 Å². The Hall–Kier alpha value is -2.94. The lowest BCUT2D eigenvalue weighted by atomic mass is 9.94. The fourth-order valence-electron chi connectivity index (χ4n) is 2.39. The summed E-state index contributed by atoms with van der Waals surface area (Å²) in [6, 6.07) is 5.42. The lowest BCUT2D eigenvalue weighted by Gasteiger charge is -2.17. The van der Waals surface area contributed by atoms with Gasteiger partial charge in [0.05, 0.1) is 5.56 Å². The molecule has 132 valence electrons. The maximum absolute atomic E-state index is 13.1. The van der Waals surface area contributed by atoms with Crippen molar-refractivity contribution in [2.75, 3.05) is 5.32 Å². The van der Waals surface area contributed by atoms with Gasteiger partial charge < -0.3 is 16.8 Å². The maximum atomic E-state index is 13.1.